The lowest BCUT2D eigenvalue weighted by Gasteiger charge is -2.14. The molecule has 1 aliphatic heterocycles. The van der Waals surface area contributed by atoms with Crippen molar-refractivity contribution in [2.24, 2.45) is 0 Å². The van der Waals surface area contributed by atoms with Crippen molar-refractivity contribution in [1.82, 2.24) is 10.2 Å². The summed E-state index contributed by atoms with van der Waals surface area (Å²) in [4.78, 5) is 37.9. The van der Waals surface area contributed by atoms with Gasteiger partial charge in [0.25, 0.3) is 11.8 Å². The maximum atomic E-state index is 12.4. The second-order valence-electron chi connectivity index (χ2n) is 6.15. The molecule has 0 atom stereocenters. The van der Waals surface area contributed by atoms with E-state index in [0.29, 0.717) is 5.56 Å². The lowest BCUT2D eigenvalue weighted by molar-refractivity contribution is -0.121. The van der Waals surface area contributed by atoms with Gasteiger partial charge in [-0.1, -0.05) is 29.3 Å². The van der Waals surface area contributed by atoms with Crippen LogP contribution in [0.25, 0.3) is 0 Å². The third kappa shape index (κ3) is 4.47. The molecule has 158 valence electrons. The monoisotopic (exact) mass is 458 g/mol. The SMILES string of the molecule is COc1cc(CNC(=O)CN2C(=O)c3cc(Cl)c(Cl)cc3C2=O)ccc1OC(F)F. The zero-order valence-corrected chi connectivity index (χ0v) is 16.9. The van der Waals surface area contributed by atoms with Gasteiger partial charge < -0.3 is 14.8 Å². The molecule has 0 aliphatic carbocycles. The lowest BCUT2D eigenvalue weighted by Crippen LogP contribution is -2.40. The van der Waals surface area contributed by atoms with Gasteiger partial charge in [-0.05, 0) is 29.8 Å². The van der Waals surface area contributed by atoms with Gasteiger partial charge in [-0.25, -0.2) is 0 Å². The maximum Gasteiger partial charge on any atom is 0.387 e. The van der Waals surface area contributed by atoms with Crippen LogP contribution in [-0.2, 0) is 11.3 Å². The first-order chi connectivity index (χ1) is 14.2. The second kappa shape index (κ2) is 8.85. The summed E-state index contributed by atoms with van der Waals surface area (Å²) in [6.45, 7) is -3.51. The highest BCUT2D eigenvalue weighted by Gasteiger charge is 2.37. The number of fused-ring (bicyclic) bond motifs is 1. The van der Waals surface area contributed by atoms with Gasteiger partial charge in [0, 0.05) is 6.54 Å². The molecule has 0 saturated carbocycles. The predicted molar refractivity (Wildman–Crippen MR) is 103 cm³/mol. The van der Waals surface area contributed by atoms with E-state index in [-0.39, 0.29) is 39.2 Å². The van der Waals surface area contributed by atoms with Gasteiger partial charge in [0.1, 0.15) is 6.54 Å². The van der Waals surface area contributed by atoms with Crippen molar-refractivity contribution in [3.63, 3.8) is 0 Å². The highest BCUT2D eigenvalue weighted by atomic mass is 35.5. The van der Waals surface area contributed by atoms with E-state index in [2.05, 4.69) is 10.1 Å². The number of benzene rings is 2. The van der Waals surface area contributed by atoms with Crippen LogP contribution in [0.3, 0.4) is 0 Å². The molecule has 3 rings (SSSR count). The summed E-state index contributed by atoms with van der Waals surface area (Å²) in [5.74, 6) is -1.99. The number of amides is 3. The van der Waals surface area contributed by atoms with E-state index < -0.39 is 30.9 Å². The first-order valence-corrected chi connectivity index (χ1v) is 9.20. The molecule has 1 N–H and O–H groups in total. The van der Waals surface area contributed by atoms with Crippen LogP contribution in [0.4, 0.5) is 8.78 Å². The molecule has 0 saturated heterocycles. The number of carbonyl (C=O) groups excluding carboxylic acids is 3. The van der Waals surface area contributed by atoms with Crippen LogP contribution in [0.2, 0.25) is 10.0 Å². The standard InChI is InChI=1S/C19H14Cl2F2N2O5/c1-29-15-4-9(2-3-14(15)30-19(22)23)7-24-16(26)8-25-17(27)10-5-12(20)13(21)6-11(10)18(25)28/h2-6,19H,7-8H2,1H3,(H,24,26). The molecule has 0 spiro atoms. The molecule has 0 fully saturated rings. The first kappa shape index (κ1) is 21.8. The number of imide groups is 1. The molecule has 7 nitrogen and oxygen atoms in total. The van der Waals surface area contributed by atoms with Crippen molar-refractivity contribution >= 4 is 40.9 Å². The summed E-state index contributed by atoms with van der Waals surface area (Å²) in [6, 6.07) is 6.74. The van der Waals surface area contributed by atoms with Crippen molar-refractivity contribution in [3.05, 3.63) is 57.1 Å². The number of rotatable bonds is 7. The molecule has 0 radical (unpaired) electrons. The predicted octanol–water partition coefficient (Wildman–Crippen LogP) is 3.52. The molecule has 0 unspecified atom stereocenters. The Morgan fingerprint density at radius 2 is 1.67 bits per heavy atom. The van der Waals surface area contributed by atoms with Crippen LogP contribution in [0, 0.1) is 0 Å². The van der Waals surface area contributed by atoms with Gasteiger partial charge in [-0.15, -0.1) is 0 Å². The van der Waals surface area contributed by atoms with E-state index in [1.807, 2.05) is 0 Å². The number of nitrogens with zero attached hydrogens (tertiary/aromatic N) is 1. The van der Waals surface area contributed by atoms with E-state index >= 15 is 0 Å². The van der Waals surface area contributed by atoms with E-state index in [4.69, 9.17) is 27.9 Å². The van der Waals surface area contributed by atoms with Crippen LogP contribution in [0.15, 0.2) is 30.3 Å². The Hall–Kier alpha value is -2.91. The average Bonchev–Trinajstić information content (AvgIpc) is 2.91. The van der Waals surface area contributed by atoms with Crippen molar-refractivity contribution in [2.45, 2.75) is 13.2 Å². The smallest absolute Gasteiger partial charge is 0.387 e. The Morgan fingerprint density at radius 1 is 1.07 bits per heavy atom. The van der Waals surface area contributed by atoms with E-state index in [1.54, 1.807) is 0 Å². The number of hydrogen-bond donors (Lipinski definition) is 1. The Kier molecular flexibility index (Phi) is 6.42. The number of nitrogens with one attached hydrogen (secondary N) is 1. The summed E-state index contributed by atoms with van der Waals surface area (Å²) in [7, 11) is 1.29. The molecule has 1 aliphatic rings. The van der Waals surface area contributed by atoms with Crippen molar-refractivity contribution in [1.29, 1.82) is 0 Å². The summed E-state index contributed by atoms with van der Waals surface area (Å²) in [5, 5.41) is 2.79. The molecule has 0 aromatic heterocycles. The molecule has 11 heteroatoms. The van der Waals surface area contributed by atoms with E-state index in [1.165, 1.54) is 37.4 Å². The number of alkyl halides is 2. The summed E-state index contributed by atoms with van der Waals surface area (Å²) in [5.41, 5.74) is 0.672. The Morgan fingerprint density at radius 3 is 2.20 bits per heavy atom. The number of carbonyl (C=O) groups is 3. The second-order valence-corrected chi connectivity index (χ2v) is 6.96. The van der Waals surface area contributed by atoms with Gasteiger partial charge in [-0.3, -0.25) is 19.3 Å². The summed E-state index contributed by atoms with van der Waals surface area (Å²) >= 11 is 11.8. The molecular formula is C19H14Cl2F2N2O5. The first-order valence-electron chi connectivity index (χ1n) is 8.45. The third-order valence-corrected chi connectivity index (χ3v) is 4.97. The minimum atomic E-state index is -3.01. The number of hydrogen-bond acceptors (Lipinski definition) is 5. The van der Waals surface area contributed by atoms with Crippen LogP contribution in [0.5, 0.6) is 11.5 Å². The Bertz CT molecular complexity index is 991. The van der Waals surface area contributed by atoms with Crippen LogP contribution >= 0.6 is 23.2 Å². The molecule has 1 heterocycles. The van der Waals surface area contributed by atoms with Gasteiger partial charge in [0.15, 0.2) is 11.5 Å². The summed E-state index contributed by atoms with van der Waals surface area (Å²) < 4.78 is 34.1. The van der Waals surface area contributed by atoms with Crippen LogP contribution < -0.4 is 14.8 Å². The molecule has 30 heavy (non-hydrogen) atoms. The third-order valence-electron chi connectivity index (χ3n) is 4.25. The van der Waals surface area contributed by atoms with Gasteiger partial charge in [-0.2, -0.15) is 8.78 Å². The minimum absolute atomic E-state index is 0.00494. The van der Waals surface area contributed by atoms with E-state index in [9.17, 15) is 23.2 Å². The van der Waals surface area contributed by atoms with E-state index in [0.717, 1.165) is 4.90 Å². The Balaban J connectivity index is 1.64. The van der Waals surface area contributed by atoms with Crippen molar-refractivity contribution in [3.8, 4) is 11.5 Å². The van der Waals surface area contributed by atoms with Gasteiger partial charge in [0.05, 0.1) is 28.3 Å². The van der Waals surface area contributed by atoms with Gasteiger partial charge in [0.2, 0.25) is 5.91 Å². The number of ether oxygens (including phenoxy) is 2. The van der Waals surface area contributed by atoms with Crippen LogP contribution in [-0.4, -0.2) is 42.9 Å². The fourth-order valence-corrected chi connectivity index (χ4v) is 3.17. The highest BCUT2D eigenvalue weighted by Crippen LogP contribution is 2.31. The molecule has 2 aromatic carbocycles. The normalized spacial score (nSPS) is 12.9. The number of methoxy groups -OCH3 is 1. The van der Waals surface area contributed by atoms with Gasteiger partial charge >= 0.3 is 6.61 Å². The largest absolute Gasteiger partial charge is 0.493 e. The number of halogens is 4. The molecule has 3 amide bonds. The molecular weight excluding hydrogens is 445 g/mol. The molecule has 2 aromatic rings. The summed E-state index contributed by atoms with van der Waals surface area (Å²) in [6.07, 6.45) is 0. The van der Waals surface area contributed by atoms with Crippen LogP contribution in [0.1, 0.15) is 26.3 Å². The zero-order chi connectivity index (χ0) is 22.0. The topological polar surface area (TPSA) is 84.9 Å². The molecule has 0 bridgehead atoms. The lowest BCUT2D eigenvalue weighted by atomic mass is 10.1. The van der Waals surface area contributed by atoms with Crippen molar-refractivity contribution < 1.29 is 32.6 Å². The minimum Gasteiger partial charge on any atom is -0.493 e. The maximum absolute atomic E-state index is 12.4. The highest BCUT2D eigenvalue weighted by molar-refractivity contribution is 6.43. The quantitative estimate of drug-likeness (QED) is 0.641. The fourth-order valence-electron chi connectivity index (χ4n) is 2.84. The Labute approximate surface area is 179 Å². The fraction of sp³-hybridized carbons (Fsp3) is 0.211. The van der Waals surface area contributed by atoms with Crippen molar-refractivity contribution in [2.75, 3.05) is 13.7 Å². The average molecular weight is 459 g/mol. The zero-order valence-electron chi connectivity index (χ0n) is 15.4.